The first-order valence-corrected chi connectivity index (χ1v) is 9.47. The van der Waals surface area contributed by atoms with Crippen LogP contribution in [0.3, 0.4) is 0 Å². The lowest BCUT2D eigenvalue weighted by Gasteiger charge is -2.13. The van der Waals surface area contributed by atoms with Crippen LogP contribution in [0.1, 0.15) is 53.3 Å². The molecular formula is C20H24N2O7. The summed E-state index contributed by atoms with van der Waals surface area (Å²) < 4.78 is 9.64. The number of imide groups is 1. The first-order chi connectivity index (χ1) is 13.9. The Balaban J connectivity index is 1.60. The number of nitrogens with zero attached hydrogens (tertiary/aromatic N) is 1. The van der Waals surface area contributed by atoms with Crippen LogP contribution in [0.25, 0.3) is 0 Å². The monoisotopic (exact) mass is 404 g/mol. The van der Waals surface area contributed by atoms with Crippen LogP contribution in [0.15, 0.2) is 24.3 Å². The summed E-state index contributed by atoms with van der Waals surface area (Å²) in [5.41, 5.74) is 0.722. The number of hydrogen-bond donors (Lipinski definition) is 1. The summed E-state index contributed by atoms with van der Waals surface area (Å²) in [6, 6.07) is 6.56. The zero-order valence-corrected chi connectivity index (χ0v) is 16.3. The van der Waals surface area contributed by atoms with Gasteiger partial charge in [-0.1, -0.05) is 12.1 Å². The molecule has 9 nitrogen and oxygen atoms in total. The van der Waals surface area contributed by atoms with Crippen molar-refractivity contribution in [1.29, 1.82) is 0 Å². The highest BCUT2D eigenvalue weighted by Gasteiger charge is 2.34. The van der Waals surface area contributed by atoms with Gasteiger partial charge in [0.05, 0.1) is 17.7 Å². The highest BCUT2D eigenvalue weighted by molar-refractivity contribution is 6.21. The smallest absolute Gasteiger partial charge is 0.306 e. The van der Waals surface area contributed by atoms with E-state index < -0.39 is 18.5 Å². The number of benzene rings is 1. The average Bonchev–Trinajstić information content (AvgIpc) is 2.95. The minimum Gasteiger partial charge on any atom is -0.466 e. The predicted octanol–water partition coefficient (Wildman–Crippen LogP) is 1.07. The van der Waals surface area contributed by atoms with Gasteiger partial charge in [-0.25, -0.2) is 0 Å². The molecule has 29 heavy (non-hydrogen) atoms. The van der Waals surface area contributed by atoms with Gasteiger partial charge in [-0.05, 0) is 31.9 Å². The largest absolute Gasteiger partial charge is 0.466 e. The van der Waals surface area contributed by atoms with Gasteiger partial charge in [-0.3, -0.25) is 28.9 Å². The molecule has 0 aromatic heterocycles. The van der Waals surface area contributed by atoms with Crippen molar-refractivity contribution in [1.82, 2.24) is 10.2 Å². The lowest BCUT2D eigenvalue weighted by molar-refractivity contribution is -0.148. The van der Waals surface area contributed by atoms with Crippen molar-refractivity contribution in [3.63, 3.8) is 0 Å². The van der Waals surface area contributed by atoms with E-state index in [0.29, 0.717) is 24.2 Å². The van der Waals surface area contributed by atoms with Crippen LogP contribution in [0, 0.1) is 0 Å². The molecule has 0 saturated heterocycles. The summed E-state index contributed by atoms with van der Waals surface area (Å²) in [5.74, 6) is -2.14. The molecule has 0 fully saturated rings. The molecular weight excluding hydrogens is 380 g/mol. The fraction of sp³-hybridized carbons (Fsp3) is 0.450. The summed E-state index contributed by atoms with van der Waals surface area (Å²) >= 11 is 0. The van der Waals surface area contributed by atoms with Gasteiger partial charge in [0.1, 0.15) is 0 Å². The number of ether oxygens (including phenoxy) is 2. The van der Waals surface area contributed by atoms with Crippen LogP contribution in [0.4, 0.5) is 0 Å². The number of amides is 3. The fourth-order valence-electron chi connectivity index (χ4n) is 2.79. The Morgan fingerprint density at radius 2 is 1.52 bits per heavy atom. The second kappa shape index (κ2) is 10.9. The van der Waals surface area contributed by atoms with Crippen LogP contribution in [-0.4, -0.2) is 60.9 Å². The summed E-state index contributed by atoms with van der Waals surface area (Å²) in [6.45, 7) is 1.98. The molecule has 1 N–H and O–H groups in total. The minimum atomic E-state index is -0.594. The Kier molecular flexibility index (Phi) is 8.32. The van der Waals surface area contributed by atoms with Gasteiger partial charge in [0.25, 0.3) is 17.7 Å². The molecule has 1 aromatic rings. The lowest BCUT2D eigenvalue weighted by Crippen LogP contribution is -2.31. The van der Waals surface area contributed by atoms with E-state index in [1.165, 1.54) is 0 Å². The van der Waals surface area contributed by atoms with Gasteiger partial charge in [0.2, 0.25) is 0 Å². The summed E-state index contributed by atoms with van der Waals surface area (Å²) in [7, 11) is 0. The topological polar surface area (TPSA) is 119 Å². The van der Waals surface area contributed by atoms with Gasteiger partial charge < -0.3 is 14.8 Å². The first-order valence-electron chi connectivity index (χ1n) is 9.47. The van der Waals surface area contributed by atoms with Crippen molar-refractivity contribution in [2.24, 2.45) is 0 Å². The normalized spacial score (nSPS) is 12.5. The molecule has 3 amide bonds. The molecule has 0 radical (unpaired) electrons. The van der Waals surface area contributed by atoms with Crippen LogP contribution in [0.2, 0.25) is 0 Å². The summed E-state index contributed by atoms with van der Waals surface area (Å²) in [6.07, 6.45) is 0.847. The van der Waals surface area contributed by atoms with Crippen LogP contribution in [0.5, 0.6) is 0 Å². The number of carbonyl (C=O) groups excluding carboxylic acids is 5. The Morgan fingerprint density at radius 3 is 2.14 bits per heavy atom. The summed E-state index contributed by atoms with van der Waals surface area (Å²) in [4.78, 5) is 60.0. The molecule has 0 spiro atoms. The maximum Gasteiger partial charge on any atom is 0.306 e. The highest BCUT2D eigenvalue weighted by atomic mass is 16.5. The average molecular weight is 404 g/mol. The third kappa shape index (κ3) is 6.41. The van der Waals surface area contributed by atoms with Gasteiger partial charge in [0.15, 0.2) is 6.61 Å². The Morgan fingerprint density at radius 1 is 0.931 bits per heavy atom. The molecule has 0 bridgehead atoms. The highest BCUT2D eigenvalue weighted by Crippen LogP contribution is 2.22. The molecule has 2 rings (SSSR count). The van der Waals surface area contributed by atoms with E-state index in [-0.39, 0.29) is 50.1 Å². The molecule has 9 heteroatoms. The van der Waals surface area contributed by atoms with Crippen molar-refractivity contribution < 1.29 is 33.4 Å². The van der Waals surface area contributed by atoms with Gasteiger partial charge in [0, 0.05) is 25.9 Å². The Hall–Kier alpha value is -3.23. The summed E-state index contributed by atoms with van der Waals surface area (Å²) in [5, 5.41) is 2.54. The molecule has 1 aliphatic heterocycles. The van der Waals surface area contributed by atoms with E-state index >= 15 is 0 Å². The van der Waals surface area contributed by atoms with E-state index in [4.69, 9.17) is 9.47 Å². The number of nitrogens with one attached hydrogen (secondary N) is 1. The van der Waals surface area contributed by atoms with E-state index in [9.17, 15) is 24.0 Å². The molecule has 0 atom stereocenters. The molecule has 156 valence electrons. The number of hydrogen-bond acceptors (Lipinski definition) is 7. The molecule has 1 aromatic carbocycles. The number of fused-ring (bicyclic) bond motifs is 1. The van der Waals surface area contributed by atoms with Crippen LogP contribution >= 0.6 is 0 Å². The molecule has 0 aliphatic carbocycles. The third-order valence-corrected chi connectivity index (χ3v) is 4.19. The predicted molar refractivity (Wildman–Crippen MR) is 101 cm³/mol. The maximum absolute atomic E-state index is 12.2. The quantitative estimate of drug-likeness (QED) is 0.333. The van der Waals surface area contributed by atoms with Gasteiger partial charge >= 0.3 is 11.9 Å². The zero-order valence-electron chi connectivity index (χ0n) is 16.3. The number of rotatable bonds is 11. The first kappa shape index (κ1) is 22.1. The standard InChI is InChI=1S/C20H24N2O7/c1-2-28-17(24)9-5-11-21-16(23)13-29-18(25)10-6-12-22-19(26)14-7-3-4-8-15(14)20(22)27/h3-4,7-8H,2,5-6,9-13H2,1H3,(H,21,23). The Labute approximate surface area is 168 Å². The van der Waals surface area contributed by atoms with Gasteiger partial charge in [-0.2, -0.15) is 0 Å². The van der Waals surface area contributed by atoms with Crippen molar-refractivity contribution in [2.45, 2.75) is 32.6 Å². The van der Waals surface area contributed by atoms with E-state index in [0.717, 1.165) is 4.90 Å². The Bertz CT molecular complexity index is 756. The SMILES string of the molecule is CCOC(=O)CCCNC(=O)COC(=O)CCCN1C(=O)c2ccccc2C1=O. The molecule has 1 aliphatic rings. The van der Waals surface area contributed by atoms with E-state index in [1.54, 1.807) is 31.2 Å². The van der Waals surface area contributed by atoms with Crippen LogP contribution in [-0.2, 0) is 23.9 Å². The molecule has 1 heterocycles. The maximum atomic E-state index is 12.2. The molecule has 0 saturated carbocycles. The van der Waals surface area contributed by atoms with Crippen molar-refractivity contribution in [2.75, 3.05) is 26.3 Å². The van der Waals surface area contributed by atoms with E-state index in [2.05, 4.69) is 5.32 Å². The number of esters is 2. The number of carbonyl (C=O) groups is 5. The minimum absolute atomic E-state index is 0.0243. The van der Waals surface area contributed by atoms with Gasteiger partial charge in [-0.15, -0.1) is 0 Å². The van der Waals surface area contributed by atoms with E-state index in [1.807, 2.05) is 0 Å². The molecule has 0 unspecified atom stereocenters. The van der Waals surface area contributed by atoms with Crippen molar-refractivity contribution in [3.05, 3.63) is 35.4 Å². The second-order valence-electron chi connectivity index (χ2n) is 6.33. The second-order valence-corrected chi connectivity index (χ2v) is 6.33. The van der Waals surface area contributed by atoms with Crippen molar-refractivity contribution >= 4 is 29.7 Å². The third-order valence-electron chi connectivity index (χ3n) is 4.19. The fourth-order valence-corrected chi connectivity index (χ4v) is 2.79. The van der Waals surface area contributed by atoms with Crippen LogP contribution < -0.4 is 5.32 Å². The zero-order chi connectivity index (χ0) is 21.2. The van der Waals surface area contributed by atoms with Crippen molar-refractivity contribution in [3.8, 4) is 0 Å². The lowest BCUT2D eigenvalue weighted by atomic mass is 10.1.